The van der Waals surface area contributed by atoms with E-state index in [1.54, 1.807) is 19.1 Å². The number of hydrogen-bond acceptors (Lipinski definition) is 2. The van der Waals surface area contributed by atoms with Crippen LogP contribution in [0.5, 0.6) is 0 Å². The molecule has 1 N–H and O–H groups in total. The average molecular weight is 248 g/mol. The standard InChI is InChI=1S/C13H10F2N2O/c1-8-4-3-7-16-12(8)17-13(18)11-9(14)5-2-6-10(11)15/h2-7H,1H3,(H,16,17,18). The first kappa shape index (κ1) is 12.2. The van der Waals surface area contributed by atoms with Gasteiger partial charge in [0, 0.05) is 6.20 Å². The number of carbonyl (C=O) groups excluding carboxylic acids is 1. The maximum atomic E-state index is 13.4. The second-order valence-electron chi connectivity index (χ2n) is 3.72. The van der Waals surface area contributed by atoms with Crippen LogP contribution in [0.4, 0.5) is 14.6 Å². The monoisotopic (exact) mass is 248 g/mol. The van der Waals surface area contributed by atoms with Crippen molar-refractivity contribution in [2.24, 2.45) is 0 Å². The van der Waals surface area contributed by atoms with Crippen LogP contribution in [0, 0.1) is 18.6 Å². The minimum atomic E-state index is -0.902. The van der Waals surface area contributed by atoms with Crippen LogP contribution >= 0.6 is 0 Å². The molecular weight excluding hydrogens is 238 g/mol. The van der Waals surface area contributed by atoms with E-state index < -0.39 is 23.1 Å². The van der Waals surface area contributed by atoms with E-state index in [-0.39, 0.29) is 5.82 Å². The van der Waals surface area contributed by atoms with Crippen molar-refractivity contribution in [2.45, 2.75) is 6.92 Å². The lowest BCUT2D eigenvalue weighted by molar-refractivity contribution is 0.101. The molecule has 1 aromatic carbocycles. The lowest BCUT2D eigenvalue weighted by Gasteiger charge is -2.08. The highest BCUT2D eigenvalue weighted by Gasteiger charge is 2.17. The fourth-order valence-electron chi connectivity index (χ4n) is 1.50. The van der Waals surface area contributed by atoms with Crippen molar-refractivity contribution in [2.75, 3.05) is 5.32 Å². The first-order chi connectivity index (χ1) is 8.59. The van der Waals surface area contributed by atoms with Gasteiger partial charge in [0.1, 0.15) is 23.0 Å². The molecule has 2 rings (SSSR count). The largest absolute Gasteiger partial charge is 0.306 e. The summed E-state index contributed by atoms with van der Waals surface area (Å²) in [5, 5.41) is 2.38. The maximum Gasteiger partial charge on any atom is 0.262 e. The topological polar surface area (TPSA) is 42.0 Å². The normalized spacial score (nSPS) is 10.2. The van der Waals surface area contributed by atoms with Gasteiger partial charge in [-0.1, -0.05) is 12.1 Å². The summed E-state index contributed by atoms with van der Waals surface area (Å²) < 4.78 is 26.8. The summed E-state index contributed by atoms with van der Waals surface area (Å²) in [5.74, 6) is -2.38. The van der Waals surface area contributed by atoms with Crippen LogP contribution in [-0.2, 0) is 0 Å². The smallest absolute Gasteiger partial charge is 0.262 e. The van der Waals surface area contributed by atoms with Crippen LogP contribution in [0.25, 0.3) is 0 Å². The third-order valence-electron chi connectivity index (χ3n) is 2.43. The van der Waals surface area contributed by atoms with Gasteiger partial charge < -0.3 is 5.32 Å². The fraction of sp³-hybridized carbons (Fsp3) is 0.0769. The van der Waals surface area contributed by atoms with Crippen LogP contribution < -0.4 is 5.32 Å². The zero-order valence-electron chi connectivity index (χ0n) is 9.58. The first-order valence-electron chi connectivity index (χ1n) is 5.26. The van der Waals surface area contributed by atoms with E-state index in [2.05, 4.69) is 10.3 Å². The molecule has 0 aliphatic carbocycles. The number of amides is 1. The maximum absolute atomic E-state index is 13.4. The van der Waals surface area contributed by atoms with E-state index in [0.29, 0.717) is 5.56 Å². The molecule has 2 aromatic rings. The van der Waals surface area contributed by atoms with Crippen LogP contribution in [0.2, 0.25) is 0 Å². The van der Waals surface area contributed by atoms with Gasteiger partial charge in [0.05, 0.1) is 0 Å². The van der Waals surface area contributed by atoms with Gasteiger partial charge in [-0.05, 0) is 30.7 Å². The second kappa shape index (κ2) is 4.91. The summed E-state index contributed by atoms with van der Waals surface area (Å²) in [6.45, 7) is 1.74. The molecule has 0 fully saturated rings. The summed E-state index contributed by atoms with van der Waals surface area (Å²) in [4.78, 5) is 15.7. The number of aromatic nitrogens is 1. The highest BCUT2D eigenvalue weighted by molar-refractivity contribution is 6.04. The van der Waals surface area contributed by atoms with E-state index in [4.69, 9.17) is 0 Å². The van der Waals surface area contributed by atoms with Crippen molar-refractivity contribution >= 4 is 11.7 Å². The van der Waals surface area contributed by atoms with E-state index >= 15 is 0 Å². The Bertz CT molecular complexity index is 579. The van der Waals surface area contributed by atoms with Gasteiger partial charge in [-0.2, -0.15) is 0 Å². The lowest BCUT2D eigenvalue weighted by Crippen LogP contribution is -2.17. The van der Waals surface area contributed by atoms with Gasteiger partial charge in [-0.15, -0.1) is 0 Å². The molecule has 0 aliphatic heterocycles. The number of carbonyl (C=O) groups is 1. The molecule has 92 valence electrons. The van der Waals surface area contributed by atoms with Crippen LogP contribution in [0.1, 0.15) is 15.9 Å². The Morgan fingerprint density at radius 2 is 1.83 bits per heavy atom. The molecule has 0 unspecified atom stereocenters. The number of nitrogens with zero attached hydrogens (tertiary/aromatic N) is 1. The SMILES string of the molecule is Cc1cccnc1NC(=O)c1c(F)cccc1F. The Labute approximate surface area is 102 Å². The Balaban J connectivity index is 2.31. The molecule has 1 heterocycles. The molecule has 0 aliphatic rings. The number of hydrogen-bond donors (Lipinski definition) is 1. The predicted octanol–water partition coefficient (Wildman–Crippen LogP) is 2.92. The summed E-state index contributed by atoms with van der Waals surface area (Å²) in [6.07, 6.45) is 1.49. The van der Waals surface area contributed by atoms with E-state index in [1.165, 1.54) is 12.3 Å². The quantitative estimate of drug-likeness (QED) is 0.887. The van der Waals surface area contributed by atoms with Gasteiger partial charge in [-0.3, -0.25) is 4.79 Å². The molecule has 0 saturated carbocycles. The third-order valence-corrected chi connectivity index (χ3v) is 2.43. The fourth-order valence-corrected chi connectivity index (χ4v) is 1.50. The predicted molar refractivity (Wildman–Crippen MR) is 63.3 cm³/mol. The molecule has 0 radical (unpaired) electrons. The minimum Gasteiger partial charge on any atom is -0.306 e. The molecule has 0 bridgehead atoms. The first-order valence-corrected chi connectivity index (χ1v) is 5.26. The minimum absolute atomic E-state index is 0.283. The van der Waals surface area contributed by atoms with Gasteiger partial charge >= 0.3 is 0 Å². The Morgan fingerprint density at radius 1 is 1.17 bits per heavy atom. The van der Waals surface area contributed by atoms with Crippen molar-refractivity contribution in [3.63, 3.8) is 0 Å². The molecule has 0 atom stereocenters. The molecule has 1 aromatic heterocycles. The van der Waals surface area contributed by atoms with Crippen molar-refractivity contribution in [3.8, 4) is 0 Å². The summed E-state index contributed by atoms with van der Waals surface area (Å²) in [7, 11) is 0. The van der Waals surface area contributed by atoms with Crippen molar-refractivity contribution in [3.05, 3.63) is 59.3 Å². The summed E-state index contributed by atoms with van der Waals surface area (Å²) >= 11 is 0. The van der Waals surface area contributed by atoms with Gasteiger partial charge in [0.2, 0.25) is 0 Å². The van der Waals surface area contributed by atoms with Crippen LogP contribution in [0.15, 0.2) is 36.5 Å². The number of anilines is 1. The molecule has 0 spiro atoms. The number of pyridine rings is 1. The van der Waals surface area contributed by atoms with Gasteiger partial charge in [0.25, 0.3) is 5.91 Å². The number of halogens is 2. The molecule has 1 amide bonds. The van der Waals surface area contributed by atoms with Gasteiger partial charge in [-0.25, -0.2) is 13.8 Å². The van der Waals surface area contributed by atoms with Crippen molar-refractivity contribution in [1.29, 1.82) is 0 Å². The van der Waals surface area contributed by atoms with Crippen molar-refractivity contribution in [1.82, 2.24) is 4.98 Å². The number of benzene rings is 1. The molecule has 18 heavy (non-hydrogen) atoms. The number of nitrogens with one attached hydrogen (secondary N) is 1. The van der Waals surface area contributed by atoms with Gasteiger partial charge in [0.15, 0.2) is 0 Å². The summed E-state index contributed by atoms with van der Waals surface area (Å²) in [5.41, 5.74) is 0.102. The third kappa shape index (κ3) is 2.34. The Morgan fingerprint density at radius 3 is 2.44 bits per heavy atom. The number of aryl methyl sites for hydroxylation is 1. The lowest BCUT2D eigenvalue weighted by atomic mass is 10.2. The van der Waals surface area contributed by atoms with E-state index in [1.807, 2.05) is 0 Å². The second-order valence-corrected chi connectivity index (χ2v) is 3.72. The molecule has 0 saturated heterocycles. The van der Waals surface area contributed by atoms with Crippen LogP contribution in [-0.4, -0.2) is 10.9 Å². The average Bonchev–Trinajstić information content (AvgIpc) is 2.32. The Hall–Kier alpha value is -2.30. The van der Waals surface area contributed by atoms with E-state index in [0.717, 1.165) is 12.1 Å². The van der Waals surface area contributed by atoms with Crippen molar-refractivity contribution < 1.29 is 13.6 Å². The summed E-state index contributed by atoms with van der Waals surface area (Å²) in [6, 6.07) is 6.70. The van der Waals surface area contributed by atoms with E-state index in [9.17, 15) is 13.6 Å². The zero-order valence-corrected chi connectivity index (χ0v) is 9.58. The highest BCUT2D eigenvalue weighted by atomic mass is 19.1. The Kier molecular flexibility index (Phi) is 3.32. The number of rotatable bonds is 2. The highest BCUT2D eigenvalue weighted by Crippen LogP contribution is 2.15. The molecule has 5 heteroatoms. The zero-order chi connectivity index (χ0) is 13.1. The molecule has 3 nitrogen and oxygen atoms in total. The van der Waals surface area contributed by atoms with Crippen LogP contribution in [0.3, 0.4) is 0 Å². The molecular formula is C13H10F2N2O.